The predicted molar refractivity (Wildman–Crippen MR) is 89.6 cm³/mol. The molecule has 1 unspecified atom stereocenters. The molecule has 2 aliphatic rings. The third-order valence-electron chi connectivity index (χ3n) is 4.24. The Morgan fingerprint density at radius 2 is 2.09 bits per heavy atom. The highest BCUT2D eigenvalue weighted by Crippen LogP contribution is 2.30. The van der Waals surface area contributed by atoms with E-state index >= 15 is 0 Å². The van der Waals surface area contributed by atoms with Gasteiger partial charge in [0.2, 0.25) is 0 Å². The number of hydrogen-bond acceptors (Lipinski definition) is 3. The van der Waals surface area contributed by atoms with Gasteiger partial charge in [-0.15, -0.1) is 0 Å². The molecule has 0 N–H and O–H groups in total. The Kier molecular flexibility index (Phi) is 5.14. The largest absolute Gasteiger partial charge is 0.498 e. The Morgan fingerprint density at radius 3 is 2.83 bits per heavy atom. The van der Waals surface area contributed by atoms with Crippen molar-refractivity contribution >= 4 is 29.1 Å². The fourth-order valence-electron chi connectivity index (χ4n) is 2.93. The maximum Gasteiger partial charge on any atom is 0.253 e. The molecule has 1 saturated heterocycles. The second-order valence-corrected chi connectivity index (χ2v) is 6.59. The lowest BCUT2D eigenvalue weighted by Gasteiger charge is -2.34. The fourth-order valence-corrected chi connectivity index (χ4v) is 3.24. The van der Waals surface area contributed by atoms with Crippen LogP contribution in [0.25, 0.3) is 0 Å². The van der Waals surface area contributed by atoms with E-state index in [0.29, 0.717) is 36.3 Å². The van der Waals surface area contributed by atoms with Crippen LogP contribution < -0.4 is 0 Å². The molecule has 2 aliphatic heterocycles. The number of ether oxygens (including phenoxy) is 2. The number of carbonyl (C=O) groups is 1. The molecule has 6 heteroatoms. The van der Waals surface area contributed by atoms with Crippen molar-refractivity contribution in [3.8, 4) is 0 Å². The molecule has 1 amide bonds. The lowest BCUT2D eigenvalue weighted by molar-refractivity contribution is -0.135. The molecular weight excluding hydrogens is 337 g/mol. The summed E-state index contributed by atoms with van der Waals surface area (Å²) in [4.78, 5) is 14.6. The Morgan fingerprint density at radius 1 is 1.26 bits per heavy atom. The molecule has 1 fully saturated rings. The van der Waals surface area contributed by atoms with Gasteiger partial charge in [0.25, 0.3) is 5.91 Å². The number of rotatable bonds is 2. The van der Waals surface area contributed by atoms with Crippen LogP contribution in [0.2, 0.25) is 10.0 Å². The van der Waals surface area contributed by atoms with Crippen LogP contribution in [0.3, 0.4) is 0 Å². The Hall–Kier alpha value is -1.23. The molecule has 4 nitrogen and oxygen atoms in total. The normalized spacial score (nSPS) is 22.0. The molecule has 0 aromatic heterocycles. The van der Waals surface area contributed by atoms with Gasteiger partial charge in [-0.2, -0.15) is 0 Å². The van der Waals surface area contributed by atoms with Gasteiger partial charge in [0.15, 0.2) is 0 Å². The molecule has 3 rings (SSSR count). The van der Waals surface area contributed by atoms with Gasteiger partial charge >= 0.3 is 0 Å². The van der Waals surface area contributed by atoms with E-state index in [4.69, 9.17) is 32.7 Å². The van der Waals surface area contributed by atoms with Crippen LogP contribution >= 0.6 is 23.2 Å². The number of morpholine rings is 1. The van der Waals surface area contributed by atoms with Crippen molar-refractivity contribution in [1.29, 1.82) is 0 Å². The highest BCUT2D eigenvalue weighted by Gasteiger charge is 2.29. The molecule has 0 aliphatic carbocycles. The second kappa shape index (κ2) is 7.12. The summed E-state index contributed by atoms with van der Waals surface area (Å²) < 4.78 is 11.3. The van der Waals surface area contributed by atoms with E-state index in [0.717, 1.165) is 29.7 Å². The van der Waals surface area contributed by atoms with E-state index in [-0.39, 0.29) is 12.0 Å². The van der Waals surface area contributed by atoms with Crippen molar-refractivity contribution in [2.24, 2.45) is 0 Å². The van der Waals surface area contributed by atoms with Crippen LogP contribution in [0, 0.1) is 0 Å². The van der Waals surface area contributed by atoms with Crippen molar-refractivity contribution in [2.45, 2.75) is 25.9 Å². The Bertz CT molecular complexity index is 645. The van der Waals surface area contributed by atoms with Gasteiger partial charge in [0.05, 0.1) is 35.4 Å². The molecule has 124 valence electrons. The number of nitrogens with zero attached hydrogens (tertiary/aromatic N) is 1. The van der Waals surface area contributed by atoms with E-state index in [2.05, 4.69) is 0 Å². The van der Waals surface area contributed by atoms with Gasteiger partial charge in [0, 0.05) is 6.54 Å². The average Bonchev–Trinajstić information content (AvgIpc) is 2.57. The maximum absolute atomic E-state index is 12.7. The third-order valence-corrected chi connectivity index (χ3v) is 4.98. The molecule has 1 aromatic rings. The van der Waals surface area contributed by atoms with Crippen molar-refractivity contribution in [2.75, 3.05) is 26.3 Å². The van der Waals surface area contributed by atoms with Crippen LogP contribution in [0.5, 0.6) is 0 Å². The van der Waals surface area contributed by atoms with E-state index in [1.807, 2.05) is 17.9 Å². The van der Waals surface area contributed by atoms with Crippen LogP contribution in [0.1, 0.15) is 31.4 Å². The van der Waals surface area contributed by atoms with Gasteiger partial charge in [-0.1, -0.05) is 29.3 Å². The third kappa shape index (κ3) is 3.65. The van der Waals surface area contributed by atoms with Crippen LogP contribution in [0.4, 0.5) is 0 Å². The van der Waals surface area contributed by atoms with Gasteiger partial charge in [-0.05, 0) is 37.5 Å². The SMILES string of the molecule is CC1=C(C(=O)N2CCOC(c3ccc(Cl)c(Cl)c3)C2)CCCO1. The van der Waals surface area contributed by atoms with Crippen molar-refractivity contribution < 1.29 is 14.3 Å². The smallest absolute Gasteiger partial charge is 0.253 e. The predicted octanol–water partition coefficient (Wildman–Crippen LogP) is 3.98. The summed E-state index contributed by atoms with van der Waals surface area (Å²) in [7, 11) is 0. The minimum atomic E-state index is -0.187. The Labute approximate surface area is 145 Å². The standard InChI is InChI=1S/C17H19Cl2NO3/c1-11-13(3-2-7-22-11)17(21)20-6-8-23-16(10-20)12-4-5-14(18)15(19)9-12/h4-5,9,16H,2-3,6-8,10H2,1H3. The number of amides is 1. The van der Waals surface area contributed by atoms with Crippen LogP contribution in [0.15, 0.2) is 29.5 Å². The van der Waals surface area contributed by atoms with Crippen molar-refractivity contribution in [1.82, 2.24) is 4.90 Å². The van der Waals surface area contributed by atoms with Gasteiger partial charge < -0.3 is 14.4 Å². The average molecular weight is 356 g/mol. The van der Waals surface area contributed by atoms with E-state index in [1.54, 1.807) is 12.1 Å². The highest BCUT2D eigenvalue weighted by atomic mass is 35.5. The zero-order chi connectivity index (χ0) is 16.4. The molecule has 0 spiro atoms. The first-order valence-corrected chi connectivity index (χ1v) is 8.50. The number of carbonyl (C=O) groups excluding carboxylic acids is 1. The summed E-state index contributed by atoms with van der Waals surface area (Å²) in [5.74, 6) is 0.800. The van der Waals surface area contributed by atoms with Crippen LogP contribution in [-0.2, 0) is 14.3 Å². The number of hydrogen-bond donors (Lipinski definition) is 0. The summed E-state index contributed by atoms with van der Waals surface area (Å²) in [6.45, 7) is 4.16. The van der Waals surface area contributed by atoms with Crippen LogP contribution in [-0.4, -0.2) is 37.1 Å². The maximum atomic E-state index is 12.7. The molecule has 2 heterocycles. The molecule has 1 aromatic carbocycles. The minimum absolute atomic E-state index is 0.0514. The van der Waals surface area contributed by atoms with Gasteiger partial charge in [-0.25, -0.2) is 0 Å². The Balaban J connectivity index is 1.75. The zero-order valence-corrected chi connectivity index (χ0v) is 14.5. The summed E-state index contributed by atoms with van der Waals surface area (Å²) in [5.41, 5.74) is 1.72. The van der Waals surface area contributed by atoms with Crippen molar-refractivity contribution in [3.05, 3.63) is 45.1 Å². The molecule has 0 saturated carbocycles. The molecular formula is C17H19Cl2NO3. The first-order chi connectivity index (χ1) is 11.1. The quantitative estimate of drug-likeness (QED) is 0.805. The summed E-state index contributed by atoms with van der Waals surface area (Å²) in [5, 5.41) is 1.01. The van der Waals surface area contributed by atoms with Crippen molar-refractivity contribution in [3.63, 3.8) is 0 Å². The lowest BCUT2D eigenvalue weighted by atomic mass is 10.0. The van der Waals surface area contributed by atoms with Gasteiger partial charge in [0.1, 0.15) is 11.9 Å². The summed E-state index contributed by atoms with van der Waals surface area (Å²) >= 11 is 12.0. The molecule has 1 atom stereocenters. The molecule has 0 radical (unpaired) electrons. The second-order valence-electron chi connectivity index (χ2n) is 5.77. The number of halogens is 2. The fraction of sp³-hybridized carbons (Fsp3) is 0.471. The van der Waals surface area contributed by atoms with Gasteiger partial charge in [-0.3, -0.25) is 4.79 Å². The monoisotopic (exact) mass is 355 g/mol. The summed E-state index contributed by atoms with van der Waals surface area (Å²) in [6.07, 6.45) is 1.48. The molecule has 0 bridgehead atoms. The minimum Gasteiger partial charge on any atom is -0.498 e. The van der Waals surface area contributed by atoms with E-state index in [9.17, 15) is 4.79 Å². The summed E-state index contributed by atoms with van der Waals surface area (Å²) in [6, 6.07) is 5.45. The van der Waals surface area contributed by atoms with E-state index in [1.165, 1.54) is 0 Å². The first kappa shape index (κ1) is 16.6. The number of benzene rings is 1. The first-order valence-electron chi connectivity index (χ1n) is 7.74. The topological polar surface area (TPSA) is 38.8 Å². The zero-order valence-electron chi connectivity index (χ0n) is 13.0. The number of allylic oxidation sites excluding steroid dienone is 1. The molecule has 23 heavy (non-hydrogen) atoms. The lowest BCUT2D eigenvalue weighted by Crippen LogP contribution is -2.43. The highest BCUT2D eigenvalue weighted by molar-refractivity contribution is 6.42. The van der Waals surface area contributed by atoms with E-state index < -0.39 is 0 Å².